The van der Waals surface area contributed by atoms with Crippen molar-refractivity contribution >= 4 is 35.2 Å². The number of hydrogen-bond acceptors (Lipinski definition) is 7. The molecule has 2 atom stereocenters. The van der Waals surface area contributed by atoms with Crippen molar-refractivity contribution in [3.63, 3.8) is 0 Å². The van der Waals surface area contributed by atoms with Gasteiger partial charge >= 0.3 is 0 Å². The topological polar surface area (TPSA) is 93.7 Å². The normalized spacial score (nSPS) is 21.7. The molecule has 3 fully saturated rings. The van der Waals surface area contributed by atoms with Gasteiger partial charge in [-0.2, -0.15) is 4.98 Å². The lowest BCUT2D eigenvalue weighted by Crippen LogP contribution is -2.50. The van der Waals surface area contributed by atoms with Crippen LogP contribution in [0.25, 0.3) is 0 Å². The predicted molar refractivity (Wildman–Crippen MR) is 136 cm³/mol. The van der Waals surface area contributed by atoms with E-state index in [0.717, 1.165) is 42.6 Å². The number of likely N-dealkylation sites (N-methyl/N-ethyl adjacent to an activating group) is 1. The van der Waals surface area contributed by atoms with E-state index in [4.69, 9.17) is 16.6 Å². The number of benzene rings is 1. The molecule has 35 heavy (non-hydrogen) atoms. The average molecular weight is 498 g/mol. The molecule has 3 heterocycles. The molecule has 2 aliphatic heterocycles. The van der Waals surface area contributed by atoms with Crippen molar-refractivity contribution in [3.8, 4) is 0 Å². The number of hydrogen-bond donors (Lipinski definition) is 2. The first-order valence-corrected chi connectivity index (χ1v) is 12.6. The number of aromatic nitrogens is 2. The molecule has 10 heteroatoms. The lowest BCUT2D eigenvalue weighted by Gasteiger charge is -2.31. The lowest BCUT2D eigenvalue weighted by molar-refractivity contribution is -0.134. The van der Waals surface area contributed by atoms with Crippen molar-refractivity contribution in [3.05, 3.63) is 46.1 Å². The van der Waals surface area contributed by atoms with Crippen molar-refractivity contribution < 1.29 is 9.59 Å². The summed E-state index contributed by atoms with van der Waals surface area (Å²) in [7, 11) is 1.81. The molecule has 2 aromatic rings. The summed E-state index contributed by atoms with van der Waals surface area (Å²) in [6.07, 6.45) is 2.92. The Hall–Kier alpha value is -2.91. The van der Waals surface area contributed by atoms with E-state index in [1.165, 1.54) is 6.42 Å². The highest BCUT2D eigenvalue weighted by atomic mass is 35.5. The molecule has 1 saturated carbocycles. The molecule has 0 bridgehead atoms. The zero-order valence-corrected chi connectivity index (χ0v) is 21.0. The number of nitrogens with zero attached hydrogens (tertiary/aromatic N) is 5. The van der Waals surface area contributed by atoms with Gasteiger partial charge < -0.3 is 20.4 Å². The number of anilines is 2. The van der Waals surface area contributed by atoms with Crippen molar-refractivity contribution in [2.75, 3.05) is 63.1 Å². The lowest BCUT2D eigenvalue weighted by atomic mass is 10.1. The first-order chi connectivity index (χ1) is 16.9. The third kappa shape index (κ3) is 5.51. The third-order valence-corrected chi connectivity index (χ3v) is 7.64. The molecular weight excluding hydrogens is 466 g/mol. The highest BCUT2D eigenvalue weighted by molar-refractivity contribution is 6.31. The van der Waals surface area contributed by atoms with Crippen molar-refractivity contribution in [2.45, 2.75) is 19.9 Å². The molecule has 0 radical (unpaired) electrons. The van der Waals surface area contributed by atoms with Crippen molar-refractivity contribution in [2.24, 2.45) is 11.8 Å². The molecule has 1 aromatic carbocycles. The smallest absolute Gasteiger partial charge is 0.256 e. The second-order valence-electron chi connectivity index (χ2n) is 9.88. The summed E-state index contributed by atoms with van der Waals surface area (Å²) in [4.78, 5) is 40.3. The van der Waals surface area contributed by atoms with Gasteiger partial charge in [-0.3, -0.25) is 14.5 Å². The van der Waals surface area contributed by atoms with Crippen molar-refractivity contribution in [1.82, 2.24) is 25.1 Å². The Morgan fingerprint density at radius 1 is 1.23 bits per heavy atom. The SMILES string of the molecule is Cc1ccc(CNc2nc(N3CC4CC4C3)ncc2C(=O)NCCN2CCN(C)C(=O)C2)cc1Cl. The standard InChI is InChI=1S/C25H32ClN7O2/c1-16-3-4-17(9-21(16)26)11-28-23-20(12-29-25(30-23)33-13-18-10-19(18)14-33)24(35)27-5-6-32-8-7-31(2)22(34)15-32/h3-4,9,12,18-19H,5-8,10-11,13-15H2,1-2H3,(H,27,35)(H,28,29,30). The summed E-state index contributed by atoms with van der Waals surface area (Å²) in [5.41, 5.74) is 2.44. The van der Waals surface area contributed by atoms with E-state index >= 15 is 0 Å². The zero-order valence-electron chi connectivity index (χ0n) is 20.3. The Morgan fingerprint density at radius 3 is 2.77 bits per heavy atom. The Bertz CT molecular complexity index is 1120. The molecule has 1 aromatic heterocycles. The van der Waals surface area contributed by atoms with Gasteiger partial charge in [0, 0.05) is 64.1 Å². The van der Waals surface area contributed by atoms with E-state index in [2.05, 4.69) is 25.4 Å². The van der Waals surface area contributed by atoms with Gasteiger partial charge in [0.15, 0.2) is 0 Å². The van der Waals surface area contributed by atoms with Crippen LogP contribution in [0, 0.1) is 18.8 Å². The van der Waals surface area contributed by atoms with E-state index in [1.54, 1.807) is 11.1 Å². The highest BCUT2D eigenvalue weighted by Gasteiger charge is 2.46. The van der Waals surface area contributed by atoms with Crippen LogP contribution in [-0.2, 0) is 11.3 Å². The minimum Gasteiger partial charge on any atom is -0.365 e. The van der Waals surface area contributed by atoms with Gasteiger partial charge in [-0.15, -0.1) is 0 Å². The Balaban J connectivity index is 1.26. The summed E-state index contributed by atoms with van der Waals surface area (Å²) in [5.74, 6) is 2.57. The molecule has 186 valence electrons. The van der Waals surface area contributed by atoms with Gasteiger partial charge in [-0.05, 0) is 42.4 Å². The maximum Gasteiger partial charge on any atom is 0.256 e. The number of piperazine rings is 1. The molecule has 2 unspecified atom stereocenters. The number of piperidine rings is 1. The van der Waals surface area contributed by atoms with Crippen molar-refractivity contribution in [1.29, 1.82) is 0 Å². The minimum absolute atomic E-state index is 0.105. The molecule has 5 rings (SSSR count). The van der Waals surface area contributed by atoms with E-state index in [0.29, 0.717) is 55.1 Å². The number of amides is 2. The van der Waals surface area contributed by atoms with E-state index < -0.39 is 0 Å². The maximum absolute atomic E-state index is 13.1. The van der Waals surface area contributed by atoms with Crippen LogP contribution in [0.2, 0.25) is 5.02 Å². The van der Waals surface area contributed by atoms with Crippen LogP contribution in [0.1, 0.15) is 27.9 Å². The van der Waals surface area contributed by atoms with Gasteiger partial charge in [-0.25, -0.2) is 4.98 Å². The summed E-state index contributed by atoms with van der Waals surface area (Å²) in [5, 5.41) is 7.02. The Kier molecular flexibility index (Phi) is 6.80. The van der Waals surface area contributed by atoms with Gasteiger partial charge in [0.1, 0.15) is 11.4 Å². The number of carbonyl (C=O) groups is 2. The van der Waals surface area contributed by atoms with Crippen LogP contribution in [0.4, 0.5) is 11.8 Å². The Morgan fingerprint density at radius 2 is 2.03 bits per heavy atom. The highest BCUT2D eigenvalue weighted by Crippen LogP contribution is 2.45. The maximum atomic E-state index is 13.1. The van der Waals surface area contributed by atoms with Crippen LogP contribution in [0.3, 0.4) is 0 Å². The number of halogens is 1. The minimum atomic E-state index is -0.231. The molecule has 2 N–H and O–H groups in total. The first-order valence-electron chi connectivity index (χ1n) is 12.2. The summed E-state index contributed by atoms with van der Waals surface area (Å²) >= 11 is 6.29. The molecule has 9 nitrogen and oxygen atoms in total. The number of nitrogens with one attached hydrogen (secondary N) is 2. The summed E-state index contributed by atoms with van der Waals surface area (Å²) in [6.45, 7) is 7.37. The summed E-state index contributed by atoms with van der Waals surface area (Å²) < 4.78 is 0. The van der Waals surface area contributed by atoms with E-state index in [1.807, 2.05) is 32.2 Å². The van der Waals surface area contributed by atoms with Gasteiger partial charge in [0.2, 0.25) is 11.9 Å². The van der Waals surface area contributed by atoms with Crippen LogP contribution in [-0.4, -0.2) is 84.4 Å². The molecule has 1 aliphatic carbocycles. The quantitative estimate of drug-likeness (QED) is 0.576. The Labute approximate surface area is 210 Å². The number of aryl methyl sites for hydroxylation is 1. The number of carbonyl (C=O) groups excluding carboxylic acids is 2. The van der Waals surface area contributed by atoms with Crippen LogP contribution < -0.4 is 15.5 Å². The van der Waals surface area contributed by atoms with Crippen LogP contribution >= 0.6 is 11.6 Å². The fourth-order valence-corrected chi connectivity index (χ4v) is 4.94. The third-order valence-electron chi connectivity index (χ3n) is 7.23. The first kappa shape index (κ1) is 23.8. The van der Waals surface area contributed by atoms with Crippen LogP contribution in [0.5, 0.6) is 0 Å². The van der Waals surface area contributed by atoms with E-state index in [-0.39, 0.29) is 11.8 Å². The van der Waals surface area contributed by atoms with Gasteiger partial charge in [-0.1, -0.05) is 23.7 Å². The second kappa shape index (κ2) is 9.99. The molecule has 2 saturated heterocycles. The van der Waals surface area contributed by atoms with Gasteiger partial charge in [0.05, 0.1) is 6.54 Å². The molecular formula is C25H32ClN7O2. The van der Waals surface area contributed by atoms with Crippen LogP contribution in [0.15, 0.2) is 24.4 Å². The number of fused-ring (bicyclic) bond motifs is 1. The summed E-state index contributed by atoms with van der Waals surface area (Å²) in [6, 6.07) is 5.93. The van der Waals surface area contributed by atoms with E-state index in [9.17, 15) is 9.59 Å². The molecule has 0 spiro atoms. The van der Waals surface area contributed by atoms with Gasteiger partial charge in [0.25, 0.3) is 5.91 Å². The largest absolute Gasteiger partial charge is 0.365 e. The fourth-order valence-electron chi connectivity index (χ4n) is 4.74. The fraction of sp³-hybridized carbons (Fsp3) is 0.520. The number of rotatable bonds is 8. The monoisotopic (exact) mass is 497 g/mol. The zero-order chi connectivity index (χ0) is 24.5. The predicted octanol–water partition coefficient (Wildman–Crippen LogP) is 2.01. The average Bonchev–Trinajstić information content (AvgIpc) is 3.46. The molecule has 3 aliphatic rings. The molecule has 2 amide bonds. The second-order valence-corrected chi connectivity index (χ2v) is 10.3.